The number of fused-ring (bicyclic) bond motifs is 1. The van der Waals surface area contributed by atoms with Crippen LogP contribution in [0.25, 0.3) is 33.6 Å². The molecule has 0 radical (unpaired) electrons. The monoisotopic (exact) mass is 266 g/mol. The first-order valence-electron chi connectivity index (χ1n) is 6.12. The van der Waals surface area contributed by atoms with Crippen LogP contribution >= 0.6 is 0 Å². The summed E-state index contributed by atoms with van der Waals surface area (Å²) in [5.41, 5.74) is 3.62. The maximum absolute atomic E-state index is 5.56. The molecule has 0 aliphatic carbocycles. The average molecular weight is 266 g/mol. The number of rotatable bonds is 2. The lowest BCUT2D eigenvalue weighted by Crippen LogP contribution is -1.78. The molecule has 0 aliphatic rings. The number of aryl methyl sites for hydroxylation is 1. The van der Waals surface area contributed by atoms with Crippen molar-refractivity contribution in [1.82, 2.24) is 20.4 Å². The normalized spacial score (nSPS) is 11.2. The first kappa shape index (κ1) is 11.0. The largest absolute Gasteiger partial charge is 0.464 e. The van der Waals surface area contributed by atoms with Crippen LogP contribution in [0, 0.1) is 6.92 Å². The van der Waals surface area contributed by atoms with Gasteiger partial charge in [-0.15, -0.1) is 10.2 Å². The Bertz CT molecular complexity index is 874. The van der Waals surface area contributed by atoms with Gasteiger partial charge in [-0.05, 0) is 18.2 Å². The Kier molecular flexibility index (Phi) is 2.23. The molecule has 0 bridgehead atoms. The highest BCUT2D eigenvalue weighted by Crippen LogP contribution is 2.32. The van der Waals surface area contributed by atoms with Crippen molar-refractivity contribution in [3.05, 3.63) is 42.7 Å². The van der Waals surface area contributed by atoms with Gasteiger partial charge < -0.3 is 8.83 Å². The molecule has 0 saturated carbocycles. The van der Waals surface area contributed by atoms with Crippen molar-refractivity contribution in [2.75, 3.05) is 0 Å². The number of aromatic amines is 1. The maximum Gasteiger partial charge on any atom is 0.247 e. The summed E-state index contributed by atoms with van der Waals surface area (Å²) < 4.78 is 11.0. The maximum atomic E-state index is 5.56. The van der Waals surface area contributed by atoms with Gasteiger partial charge in [-0.3, -0.25) is 5.10 Å². The average Bonchev–Trinajstić information content (AvgIpc) is 3.17. The van der Waals surface area contributed by atoms with E-state index < -0.39 is 0 Å². The SMILES string of the molecule is Cc1nnc(-c2ccc3occ(-c4cn[nH]c4)c3c2)o1. The van der Waals surface area contributed by atoms with Crippen LogP contribution in [0.5, 0.6) is 0 Å². The summed E-state index contributed by atoms with van der Waals surface area (Å²) in [5.74, 6) is 1.05. The Morgan fingerprint density at radius 2 is 2.10 bits per heavy atom. The molecule has 0 unspecified atom stereocenters. The molecular formula is C14H10N4O2. The van der Waals surface area contributed by atoms with Gasteiger partial charge in [-0.2, -0.15) is 5.10 Å². The second kappa shape index (κ2) is 4.06. The van der Waals surface area contributed by atoms with E-state index in [1.807, 2.05) is 24.4 Å². The second-order valence-corrected chi connectivity index (χ2v) is 4.47. The Balaban J connectivity index is 1.92. The van der Waals surface area contributed by atoms with Crippen LogP contribution in [-0.2, 0) is 0 Å². The van der Waals surface area contributed by atoms with Gasteiger partial charge in [0, 0.05) is 35.2 Å². The summed E-state index contributed by atoms with van der Waals surface area (Å²) in [4.78, 5) is 0. The van der Waals surface area contributed by atoms with Gasteiger partial charge in [0.1, 0.15) is 5.58 Å². The van der Waals surface area contributed by atoms with Gasteiger partial charge in [0.25, 0.3) is 0 Å². The summed E-state index contributed by atoms with van der Waals surface area (Å²) in [6.45, 7) is 1.77. The highest BCUT2D eigenvalue weighted by Gasteiger charge is 2.12. The van der Waals surface area contributed by atoms with Crippen LogP contribution in [0.15, 0.2) is 45.7 Å². The van der Waals surface area contributed by atoms with E-state index in [-0.39, 0.29) is 0 Å². The number of nitrogens with zero attached hydrogens (tertiary/aromatic N) is 3. The number of aromatic nitrogens is 4. The third kappa shape index (κ3) is 1.62. The second-order valence-electron chi connectivity index (χ2n) is 4.47. The van der Waals surface area contributed by atoms with Crippen LogP contribution in [-0.4, -0.2) is 20.4 Å². The van der Waals surface area contributed by atoms with Crippen LogP contribution in [0.3, 0.4) is 0 Å². The van der Waals surface area contributed by atoms with Crippen LogP contribution < -0.4 is 0 Å². The van der Waals surface area contributed by atoms with Gasteiger partial charge in [-0.1, -0.05) is 0 Å². The molecule has 3 aromatic heterocycles. The molecule has 0 amide bonds. The predicted octanol–water partition coefficient (Wildman–Crippen LogP) is 3.18. The molecule has 4 aromatic rings. The van der Waals surface area contributed by atoms with Crippen LogP contribution in [0.2, 0.25) is 0 Å². The third-order valence-electron chi connectivity index (χ3n) is 3.16. The molecule has 0 saturated heterocycles. The zero-order valence-corrected chi connectivity index (χ0v) is 10.6. The predicted molar refractivity (Wildman–Crippen MR) is 71.8 cm³/mol. The van der Waals surface area contributed by atoms with Gasteiger partial charge in [0.15, 0.2) is 0 Å². The van der Waals surface area contributed by atoms with Gasteiger partial charge in [0.2, 0.25) is 11.8 Å². The highest BCUT2D eigenvalue weighted by molar-refractivity contribution is 5.95. The molecule has 1 N–H and O–H groups in total. The lowest BCUT2D eigenvalue weighted by molar-refractivity contribution is 0.533. The number of hydrogen-bond acceptors (Lipinski definition) is 5. The molecule has 6 heteroatoms. The van der Waals surface area contributed by atoms with E-state index in [4.69, 9.17) is 8.83 Å². The van der Waals surface area contributed by atoms with Crippen molar-refractivity contribution < 1.29 is 8.83 Å². The Labute approximate surface area is 113 Å². The third-order valence-corrected chi connectivity index (χ3v) is 3.16. The molecule has 1 aromatic carbocycles. The Morgan fingerprint density at radius 1 is 1.15 bits per heavy atom. The van der Waals surface area contributed by atoms with Crippen molar-refractivity contribution in [2.45, 2.75) is 6.92 Å². The highest BCUT2D eigenvalue weighted by atomic mass is 16.4. The Hall–Kier alpha value is -2.89. The lowest BCUT2D eigenvalue weighted by atomic mass is 10.1. The smallest absolute Gasteiger partial charge is 0.247 e. The van der Waals surface area contributed by atoms with Gasteiger partial charge >= 0.3 is 0 Å². The number of nitrogens with one attached hydrogen (secondary N) is 1. The van der Waals surface area contributed by atoms with E-state index in [1.165, 1.54) is 0 Å². The molecular weight excluding hydrogens is 256 g/mol. The van der Waals surface area contributed by atoms with E-state index in [0.29, 0.717) is 11.8 Å². The molecule has 3 heterocycles. The fourth-order valence-corrected chi connectivity index (χ4v) is 2.20. The molecule has 4 rings (SSSR count). The number of hydrogen-bond donors (Lipinski definition) is 1. The summed E-state index contributed by atoms with van der Waals surface area (Å²) in [5, 5.41) is 15.6. The Morgan fingerprint density at radius 3 is 2.85 bits per heavy atom. The molecule has 0 atom stereocenters. The van der Waals surface area contributed by atoms with Gasteiger partial charge in [0.05, 0.1) is 12.5 Å². The molecule has 98 valence electrons. The van der Waals surface area contributed by atoms with Crippen LogP contribution in [0.1, 0.15) is 5.89 Å². The topological polar surface area (TPSA) is 80.7 Å². The van der Waals surface area contributed by atoms with E-state index >= 15 is 0 Å². The first-order chi connectivity index (χ1) is 9.81. The lowest BCUT2D eigenvalue weighted by Gasteiger charge is -1.97. The van der Waals surface area contributed by atoms with Crippen molar-refractivity contribution in [3.63, 3.8) is 0 Å². The molecule has 0 aliphatic heterocycles. The minimum Gasteiger partial charge on any atom is -0.464 e. The van der Waals surface area contributed by atoms with E-state index in [0.717, 1.165) is 27.7 Å². The van der Waals surface area contributed by atoms with Crippen molar-refractivity contribution in [2.24, 2.45) is 0 Å². The summed E-state index contributed by atoms with van der Waals surface area (Å²) in [6.07, 6.45) is 5.31. The quantitative estimate of drug-likeness (QED) is 0.602. The molecule has 20 heavy (non-hydrogen) atoms. The minimum absolute atomic E-state index is 0.503. The standard InChI is InChI=1S/C14H10N4O2/c1-8-17-18-14(20-8)9-2-3-13-11(4-9)12(7-19-13)10-5-15-16-6-10/h2-7H,1H3,(H,15,16). The van der Waals surface area contributed by atoms with E-state index in [1.54, 1.807) is 19.4 Å². The van der Waals surface area contributed by atoms with Crippen molar-refractivity contribution in [3.8, 4) is 22.6 Å². The van der Waals surface area contributed by atoms with E-state index in [2.05, 4.69) is 20.4 Å². The first-order valence-corrected chi connectivity index (χ1v) is 6.12. The summed E-state index contributed by atoms with van der Waals surface area (Å²) >= 11 is 0. The fraction of sp³-hybridized carbons (Fsp3) is 0.0714. The minimum atomic E-state index is 0.503. The zero-order chi connectivity index (χ0) is 13.5. The van der Waals surface area contributed by atoms with Crippen molar-refractivity contribution in [1.29, 1.82) is 0 Å². The zero-order valence-electron chi connectivity index (χ0n) is 10.6. The van der Waals surface area contributed by atoms with Gasteiger partial charge in [-0.25, -0.2) is 0 Å². The molecule has 0 fully saturated rings. The summed E-state index contributed by atoms with van der Waals surface area (Å²) in [6, 6.07) is 5.78. The number of benzene rings is 1. The number of furan rings is 1. The fourth-order valence-electron chi connectivity index (χ4n) is 2.20. The van der Waals surface area contributed by atoms with Crippen molar-refractivity contribution >= 4 is 11.0 Å². The summed E-state index contributed by atoms with van der Waals surface area (Å²) in [7, 11) is 0. The molecule has 0 spiro atoms. The molecule has 6 nitrogen and oxygen atoms in total. The van der Waals surface area contributed by atoms with Crippen LogP contribution in [0.4, 0.5) is 0 Å². The number of H-pyrrole nitrogens is 1. The van der Waals surface area contributed by atoms with E-state index in [9.17, 15) is 0 Å².